The maximum Gasteiger partial charge on any atom is 0.325 e. The molecule has 1 heterocycles. The van der Waals surface area contributed by atoms with Crippen LogP contribution in [-0.4, -0.2) is 45.5 Å². The first-order chi connectivity index (χ1) is 14.6. The van der Waals surface area contributed by atoms with Gasteiger partial charge < -0.3 is 10.1 Å². The number of benzene rings is 2. The van der Waals surface area contributed by atoms with E-state index >= 15 is 0 Å². The number of ether oxygens (including phenoxy) is 1. The maximum absolute atomic E-state index is 12.1. The second-order valence-corrected chi connectivity index (χ2v) is 8.03. The minimum Gasteiger partial charge on any atom is -0.465 e. The summed E-state index contributed by atoms with van der Waals surface area (Å²) >= 11 is 4.85. The van der Waals surface area contributed by atoms with E-state index in [1.807, 2.05) is 59.2 Å². The van der Waals surface area contributed by atoms with Gasteiger partial charge in [-0.15, -0.1) is 10.2 Å². The summed E-state index contributed by atoms with van der Waals surface area (Å²) in [4.78, 5) is 23.5. The zero-order valence-corrected chi connectivity index (χ0v) is 18.8. The third kappa shape index (κ3) is 5.93. The number of aromatic nitrogens is 3. The van der Waals surface area contributed by atoms with Gasteiger partial charge in [0.1, 0.15) is 6.54 Å². The fraction of sp³-hybridized carbons (Fsp3) is 0.238. The van der Waals surface area contributed by atoms with Crippen molar-refractivity contribution in [3.05, 3.63) is 64.6 Å². The predicted molar refractivity (Wildman–Crippen MR) is 119 cm³/mol. The minimum atomic E-state index is -0.459. The molecule has 2 aromatic carbocycles. The number of nitrogens with one attached hydrogen (secondary N) is 1. The average molecular weight is 489 g/mol. The summed E-state index contributed by atoms with van der Waals surface area (Å²) in [5.74, 6) is 0.0901. The van der Waals surface area contributed by atoms with E-state index < -0.39 is 5.97 Å². The first-order valence-corrected chi connectivity index (χ1v) is 11.1. The van der Waals surface area contributed by atoms with Crippen molar-refractivity contribution < 1.29 is 14.3 Å². The fourth-order valence-corrected chi connectivity index (χ4v) is 3.94. The van der Waals surface area contributed by atoms with Crippen LogP contribution in [0.5, 0.6) is 0 Å². The summed E-state index contributed by atoms with van der Waals surface area (Å²) in [7, 11) is 0. The van der Waals surface area contributed by atoms with Gasteiger partial charge in [-0.2, -0.15) is 0 Å². The van der Waals surface area contributed by atoms with Gasteiger partial charge in [-0.3, -0.25) is 14.2 Å². The second-order valence-electron chi connectivity index (χ2n) is 6.23. The molecular formula is C21H21BrN4O3S. The summed E-state index contributed by atoms with van der Waals surface area (Å²) < 4.78 is 7.71. The lowest BCUT2D eigenvalue weighted by atomic mass is 10.2. The highest BCUT2D eigenvalue weighted by molar-refractivity contribution is 9.10. The van der Waals surface area contributed by atoms with E-state index in [1.165, 1.54) is 11.8 Å². The molecule has 0 fully saturated rings. The van der Waals surface area contributed by atoms with Crippen LogP contribution in [-0.2, 0) is 20.9 Å². The fourth-order valence-electron chi connectivity index (χ4n) is 2.71. The van der Waals surface area contributed by atoms with E-state index in [4.69, 9.17) is 4.74 Å². The van der Waals surface area contributed by atoms with Crippen LogP contribution in [0.1, 0.15) is 12.5 Å². The number of thioether (sulfide) groups is 1. The highest BCUT2D eigenvalue weighted by atomic mass is 79.9. The summed E-state index contributed by atoms with van der Waals surface area (Å²) in [6.45, 7) is 2.42. The highest BCUT2D eigenvalue weighted by Crippen LogP contribution is 2.30. The molecule has 3 rings (SSSR count). The van der Waals surface area contributed by atoms with Crippen LogP contribution < -0.4 is 5.32 Å². The van der Waals surface area contributed by atoms with Crippen LogP contribution in [0.4, 0.5) is 0 Å². The van der Waals surface area contributed by atoms with Crippen LogP contribution in [0.3, 0.4) is 0 Å². The molecule has 0 saturated heterocycles. The summed E-state index contributed by atoms with van der Waals surface area (Å²) in [5, 5.41) is 11.9. The Kier molecular flexibility index (Phi) is 8.04. The number of rotatable bonds is 9. The molecule has 1 N–H and O–H groups in total. The van der Waals surface area contributed by atoms with Crippen molar-refractivity contribution in [1.82, 2.24) is 20.1 Å². The van der Waals surface area contributed by atoms with E-state index in [0.29, 0.717) is 17.5 Å². The third-order valence-corrected chi connectivity index (χ3v) is 5.74. The van der Waals surface area contributed by atoms with Gasteiger partial charge in [0.15, 0.2) is 11.0 Å². The van der Waals surface area contributed by atoms with Crippen LogP contribution in [0.15, 0.2) is 64.2 Å². The summed E-state index contributed by atoms with van der Waals surface area (Å²) in [5.41, 5.74) is 2.01. The Morgan fingerprint density at radius 3 is 2.57 bits per heavy atom. The molecule has 0 bridgehead atoms. The van der Waals surface area contributed by atoms with Crippen LogP contribution in [0.2, 0.25) is 0 Å². The average Bonchev–Trinajstić information content (AvgIpc) is 3.14. The number of esters is 1. The Morgan fingerprint density at radius 1 is 1.10 bits per heavy atom. The van der Waals surface area contributed by atoms with Crippen LogP contribution in [0.25, 0.3) is 11.4 Å². The zero-order valence-electron chi connectivity index (χ0n) is 16.4. The molecule has 30 heavy (non-hydrogen) atoms. The number of halogens is 1. The molecule has 3 aromatic rings. The van der Waals surface area contributed by atoms with Crippen molar-refractivity contribution in [2.24, 2.45) is 0 Å². The minimum absolute atomic E-state index is 0.113. The van der Waals surface area contributed by atoms with Gasteiger partial charge in [0.25, 0.3) is 0 Å². The Balaban J connectivity index is 1.78. The summed E-state index contributed by atoms with van der Waals surface area (Å²) in [6.07, 6.45) is 0. The van der Waals surface area contributed by atoms with E-state index in [9.17, 15) is 9.59 Å². The molecule has 1 amide bonds. The normalized spacial score (nSPS) is 10.6. The molecule has 156 valence electrons. The Morgan fingerprint density at radius 2 is 1.83 bits per heavy atom. The van der Waals surface area contributed by atoms with Crippen molar-refractivity contribution in [2.75, 3.05) is 18.9 Å². The summed E-state index contributed by atoms with van der Waals surface area (Å²) in [6, 6.07) is 17.8. The van der Waals surface area contributed by atoms with Crippen molar-refractivity contribution in [3.63, 3.8) is 0 Å². The molecule has 0 saturated carbocycles. The monoisotopic (exact) mass is 488 g/mol. The molecule has 9 heteroatoms. The van der Waals surface area contributed by atoms with Crippen molar-refractivity contribution in [2.45, 2.75) is 18.6 Å². The number of hydrogen-bond acceptors (Lipinski definition) is 6. The van der Waals surface area contributed by atoms with Gasteiger partial charge in [0, 0.05) is 10.0 Å². The van der Waals surface area contributed by atoms with Gasteiger partial charge in [0.2, 0.25) is 5.91 Å². The van der Waals surface area contributed by atoms with E-state index in [2.05, 4.69) is 31.4 Å². The van der Waals surface area contributed by atoms with Gasteiger partial charge in [-0.05, 0) is 18.6 Å². The second kappa shape index (κ2) is 10.9. The smallest absolute Gasteiger partial charge is 0.325 e. The number of carbonyl (C=O) groups is 2. The maximum atomic E-state index is 12.1. The standard InChI is InChI=1S/C21H21BrN4O3S/c1-2-29-19(28)12-23-18(27)14-30-21-25-24-20(16-10-6-7-11-17(16)22)26(21)13-15-8-4-3-5-9-15/h3-11H,2,12-14H2,1H3,(H,23,27). The van der Waals surface area contributed by atoms with E-state index in [-0.39, 0.29) is 24.8 Å². The topological polar surface area (TPSA) is 86.1 Å². The lowest BCUT2D eigenvalue weighted by Gasteiger charge is -2.11. The molecule has 0 unspecified atom stereocenters. The van der Waals surface area contributed by atoms with Gasteiger partial charge in [-0.25, -0.2) is 0 Å². The Bertz CT molecular complexity index is 1010. The largest absolute Gasteiger partial charge is 0.465 e. The number of amides is 1. The molecule has 0 spiro atoms. The molecule has 0 atom stereocenters. The molecule has 0 aliphatic heterocycles. The van der Waals surface area contributed by atoms with Crippen molar-refractivity contribution >= 4 is 39.6 Å². The van der Waals surface area contributed by atoms with E-state index in [1.54, 1.807) is 6.92 Å². The third-order valence-electron chi connectivity index (χ3n) is 4.08. The Labute approximate surface area is 187 Å². The first kappa shape index (κ1) is 22.0. The highest BCUT2D eigenvalue weighted by Gasteiger charge is 2.18. The number of nitrogens with zero attached hydrogens (tertiary/aromatic N) is 3. The SMILES string of the molecule is CCOC(=O)CNC(=O)CSc1nnc(-c2ccccc2Br)n1Cc1ccccc1. The van der Waals surface area contributed by atoms with Crippen molar-refractivity contribution in [3.8, 4) is 11.4 Å². The Hall–Kier alpha value is -2.65. The van der Waals surface area contributed by atoms with Crippen LogP contribution in [0, 0.1) is 0 Å². The molecular weight excluding hydrogens is 468 g/mol. The number of carbonyl (C=O) groups excluding carboxylic acids is 2. The van der Waals surface area contributed by atoms with Gasteiger partial charge in [-0.1, -0.05) is 76.2 Å². The number of hydrogen-bond donors (Lipinski definition) is 1. The zero-order chi connectivity index (χ0) is 21.3. The van der Waals surface area contributed by atoms with Gasteiger partial charge in [0.05, 0.1) is 18.9 Å². The quantitative estimate of drug-likeness (QED) is 0.366. The van der Waals surface area contributed by atoms with E-state index in [0.717, 1.165) is 15.6 Å². The molecule has 0 radical (unpaired) electrons. The van der Waals surface area contributed by atoms with Crippen LogP contribution >= 0.6 is 27.7 Å². The molecule has 0 aliphatic rings. The first-order valence-electron chi connectivity index (χ1n) is 9.35. The molecule has 0 aliphatic carbocycles. The van der Waals surface area contributed by atoms with Crippen molar-refractivity contribution in [1.29, 1.82) is 0 Å². The lowest BCUT2D eigenvalue weighted by Crippen LogP contribution is -2.31. The molecule has 1 aromatic heterocycles. The van der Waals surface area contributed by atoms with Gasteiger partial charge >= 0.3 is 5.97 Å². The predicted octanol–water partition coefficient (Wildman–Crippen LogP) is 3.53. The molecule has 7 nitrogen and oxygen atoms in total. The lowest BCUT2D eigenvalue weighted by molar-refractivity contribution is -0.143.